The smallest absolute Gasteiger partial charge is 0.258 e. The molecule has 0 bridgehead atoms. The lowest BCUT2D eigenvalue weighted by Crippen LogP contribution is -1.89. The minimum Gasteiger partial charge on any atom is -0.258 e. The summed E-state index contributed by atoms with van der Waals surface area (Å²) >= 11 is 11.1. The van der Waals surface area contributed by atoms with E-state index in [0.717, 1.165) is 0 Å². The summed E-state index contributed by atoms with van der Waals surface area (Å²) in [6.07, 6.45) is 0.554. The second-order valence-corrected chi connectivity index (χ2v) is 3.45. The van der Waals surface area contributed by atoms with Gasteiger partial charge in [0.25, 0.3) is 5.69 Å². The monoisotopic (exact) mass is 243 g/mol. The average Bonchev–Trinajstić information content (AvgIpc) is 2.20. The molecular weight excluding hydrogens is 237 g/mol. The molecule has 1 aromatic carbocycles. The van der Waals surface area contributed by atoms with E-state index in [-0.39, 0.29) is 10.7 Å². The van der Waals surface area contributed by atoms with Crippen LogP contribution in [0, 0.1) is 22.0 Å². The van der Waals surface area contributed by atoms with Gasteiger partial charge >= 0.3 is 0 Å². The highest BCUT2D eigenvalue weighted by Gasteiger charge is 2.11. The minimum atomic E-state index is -0.533. The molecule has 0 saturated carbocycles. The van der Waals surface area contributed by atoms with Crippen LogP contribution in [-0.4, -0.2) is 10.8 Å². The van der Waals surface area contributed by atoms with Gasteiger partial charge in [0.1, 0.15) is 5.02 Å². The highest BCUT2D eigenvalue weighted by molar-refractivity contribution is 6.32. The third kappa shape index (κ3) is 3.43. The van der Waals surface area contributed by atoms with Crippen LogP contribution in [0.5, 0.6) is 0 Å². The first kappa shape index (κ1) is 11.8. The van der Waals surface area contributed by atoms with Gasteiger partial charge in [-0.1, -0.05) is 23.4 Å². The van der Waals surface area contributed by atoms with E-state index in [1.54, 1.807) is 6.07 Å². The second-order valence-electron chi connectivity index (χ2n) is 2.66. The molecule has 0 atom stereocenters. The van der Waals surface area contributed by atoms with Crippen molar-refractivity contribution in [1.29, 1.82) is 0 Å². The summed E-state index contributed by atoms with van der Waals surface area (Å²) in [5, 5.41) is 10.7. The van der Waals surface area contributed by atoms with Crippen molar-refractivity contribution in [3.8, 4) is 11.8 Å². The predicted molar refractivity (Wildman–Crippen MR) is 60.3 cm³/mol. The molecule has 0 N–H and O–H groups in total. The van der Waals surface area contributed by atoms with Gasteiger partial charge in [0.05, 0.1) is 4.92 Å². The average molecular weight is 244 g/mol. The number of nitro groups is 1. The summed E-state index contributed by atoms with van der Waals surface area (Å²) < 4.78 is 0. The maximum atomic E-state index is 10.6. The van der Waals surface area contributed by atoms with Crippen LogP contribution in [0.1, 0.15) is 12.0 Å². The van der Waals surface area contributed by atoms with E-state index in [9.17, 15) is 10.1 Å². The van der Waals surface area contributed by atoms with Crippen LogP contribution >= 0.6 is 23.2 Å². The van der Waals surface area contributed by atoms with Crippen LogP contribution in [0.4, 0.5) is 5.69 Å². The van der Waals surface area contributed by atoms with E-state index >= 15 is 0 Å². The fourth-order valence-corrected chi connectivity index (χ4v) is 1.22. The van der Waals surface area contributed by atoms with Gasteiger partial charge in [0.15, 0.2) is 0 Å². The van der Waals surface area contributed by atoms with Gasteiger partial charge in [-0.05, 0) is 12.1 Å². The molecule has 0 heterocycles. The molecule has 1 rings (SSSR count). The lowest BCUT2D eigenvalue weighted by atomic mass is 10.2. The zero-order valence-corrected chi connectivity index (χ0v) is 9.18. The third-order valence-electron chi connectivity index (χ3n) is 1.60. The molecule has 78 valence electrons. The maximum Gasteiger partial charge on any atom is 0.289 e. The van der Waals surface area contributed by atoms with Gasteiger partial charge in [-0.3, -0.25) is 10.1 Å². The van der Waals surface area contributed by atoms with E-state index in [0.29, 0.717) is 17.9 Å². The van der Waals surface area contributed by atoms with Gasteiger partial charge < -0.3 is 0 Å². The summed E-state index contributed by atoms with van der Waals surface area (Å²) in [6, 6.07) is 4.45. The Morgan fingerprint density at radius 1 is 1.47 bits per heavy atom. The molecular formula is C10H7Cl2NO2. The number of rotatable bonds is 2. The summed E-state index contributed by atoms with van der Waals surface area (Å²) in [4.78, 5) is 10.0. The Labute approximate surface area is 97.1 Å². The Balaban J connectivity index is 2.99. The first-order valence-corrected chi connectivity index (χ1v) is 5.05. The van der Waals surface area contributed by atoms with Crippen molar-refractivity contribution in [2.45, 2.75) is 6.42 Å². The van der Waals surface area contributed by atoms with Gasteiger partial charge in [0, 0.05) is 23.9 Å². The van der Waals surface area contributed by atoms with E-state index in [1.165, 1.54) is 12.1 Å². The minimum absolute atomic E-state index is 0.114. The van der Waals surface area contributed by atoms with E-state index in [2.05, 4.69) is 11.8 Å². The number of nitro benzene ring substituents is 1. The molecule has 15 heavy (non-hydrogen) atoms. The zero-order valence-electron chi connectivity index (χ0n) is 7.67. The fraction of sp³-hybridized carbons (Fsp3) is 0.200. The molecule has 0 unspecified atom stereocenters. The standard InChI is InChI=1S/C10H7Cl2NO2/c11-6-2-1-3-8-4-5-9(12)10(7-8)13(14)15/h4-5,7H,2,6H2. The molecule has 1 aromatic rings. The maximum absolute atomic E-state index is 10.6. The molecule has 0 aliphatic carbocycles. The summed E-state index contributed by atoms with van der Waals surface area (Å²) in [7, 11) is 0. The molecule has 0 saturated heterocycles. The Kier molecular flexibility index (Phi) is 4.41. The lowest BCUT2D eigenvalue weighted by Gasteiger charge is -1.95. The van der Waals surface area contributed by atoms with Crippen molar-refractivity contribution in [2.75, 3.05) is 5.88 Å². The number of hydrogen-bond acceptors (Lipinski definition) is 2. The van der Waals surface area contributed by atoms with Crippen LogP contribution in [0.25, 0.3) is 0 Å². The van der Waals surface area contributed by atoms with E-state index in [4.69, 9.17) is 23.2 Å². The Morgan fingerprint density at radius 2 is 2.20 bits per heavy atom. The van der Waals surface area contributed by atoms with Crippen molar-refractivity contribution in [2.24, 2.45) is 0 Å². The van der Waals surface area contributed by atoms with Crippen molar-refractivity contribution in [1.82, 2.24) is 0 Å². The van der Waals surface area contributed by atoms with Crippen LogP contribution in [0.3, 0.4) is 0 Å². The Hall–Kier alpha value is -1.24. The van der Waals surface area contributed by atoms with Gasteiger partial charge in [0.2, 0.25) is 0 Å². The first-order valence-electron chi connectivity index (χ1n) is 4.14. The number of halogens is 2. The molecule has 5 heteroatoms. The van der Waals surface area contributed by atoms with Gasteiger partial charge in [-0.15, -0.1) is 11.6 Å². The molecule has 0 fully saturated rings. The Bertz CT molecular complexity index is 435. The van der Waals surface area contributed by atoms with E-state index < -0.39 is 4.92 Å². The summed E-state index contributed by atoms with van der Waals surface area (Å²) in [5.74, 6) is 6.01. The quantitative estimate of drug-likeness (QED) is 0.347. The molecule has 0 aromatic heterocycles. The molecule has 0 amide bonds. The SMILES string of the molecule is O=[N+]([O-])c1cc(C#CCCCl)ccc1Cl. The van der Waals surface area contributed by atoms with Crippen LogP contribution in [0.2, 0.25) is 5.02 Å². The third-order valence-corrected chi connectivity index (χ3v) is 2.10. The number of hydrogen-bond donors (Lipinski definition) is 0. The molecule has 0 aliphatic heterocycles. The topological polar surface area (TPSA) is 43.1 Å². The highest BCUT2D eigenvalue weighted by Crippen LogP contribution is 2.24. The molecule has 0 radical (unpaired) electrons. The number of alkyl halides is 1. The normalized spacial score (nSPS) is 9.20. The van der Waals surface area contributed by atoms with Gasteiger partial charge in [-0.25, -0.2) is 0 Å². The van der Waals surface area contributed by atoms with Crippen LogP contribution in [-0.2, 0) is 0 Å². The highest BCUT2D eigenvalue weighted by atomic mass is 35.5. The Morgan fingerprint density at radius 3 is 2.80 bits per heavy atom. The van der Waals surface area contributed by atoms with Crippen LogP contribution in [0.15, 0.2) is 18.2 Å². The second kappa shape index (κ2) is 5.59. The van der Waals surface area contributed by atoms with Crippen molar-refractivity contribution >= 4 is 28.9 Å². The summed E-state index contributed by atoms with van der Waals surface area (Å²) in [5.41, 5.74) is 0.436. The van der Waals surface area contributed by atoms with E-state index in [1.807, 2.05) is 0 Å². The molecule has 0 aliphatic rings. The lowest BCUT2D eigenvalue weighted by molar-refractivity contribution is -0.384. The van der Waals surface area contributed by atoms with Crippen molar-refractivity contribution in [3.63, 3.8) is 0 Å². The number of nitrogens with zero attached hydrogens (tertiary/aromatic N) is 1. The summed E-state index contributed by atoms with van der Waals surface area (Å²) in [6.45, 7) is 0. The number of benzene rings is 1. The fourth-order valence-electron chi connectivity index (χ4n) is 0.942. The first-order chi connectivity index (χ1) is 7.15. The zero-order chi connectivity index (χ0) is 11.3. The van der Waals surface area contributed by atoms with Crippen LogP contribution < -0.4 is 0 Å². The molecule has 3 nitrogen and oxygen atoms in total. The van der Waals surface area contributed by atoms with Gasteiger partial charge in [-0.2, -0.15) is 0 Å². The van der Waals surface area contributed by atoms with Crippen molar-refractivity contribution in [3.05, 3.63) is 38.9 Å². The van der Waals surface area contributed by atoms with Crippen molar-refractivity contribution < 1.29 is 4.92 Å². The molecule has 0 spiro atoms. The largest absolute Gasteiger partial charge is 0.289 e. The predicted octanol–water partition coefficient (Wildman–Crippen LogP) is 3.23.